The Bertz CT molecular complexity index is 1250. The Morgan fingerprint density at radius 1 is 0.906 bits per heavy atom. The SMILES string of the molecule is c1cc(Nc2nc(Nc3ccn4ccnc4c3)cc(N3CCOCC3)n2)nc(C2CC2)c1. The van der Waals surface area contributed by atoms with E-state index >= 15 is 0 Å². The normalized spacial score (nSPS) is 16.3. The number of morpholine rings is 1. The maximum absolute atomic E-state index is 5.51. The van der Waals surface area contributed by atoms with Gasteiger partial charge in [0.2, 0.25) is 5.95 Å². The van der Waals surface area contributed by atoms with Crippen molar-refractivity contribution < 1.29 is 4.74 Å². The van der Waals surface area contributed by atoms with Gasteiger partial charge in [0.05, 0.1) is 13.2 Å². The minimum Gasteiger partial charge on any atom is -0.378 e. The molecule has 0 atom stereocenters. The van der Waals surface area contributed by atoms with Crippen LogP contribution in [-0.2, 0) is 4.74 Å². The van der Waals surface area contributed by atoms with Gasteiger partial charge in [-0.25, -0.2) is 9.97 Å². The molecule has 1 saturated heterocycles. The predicted molar refractivity (Wildman–Crippen MR) is 123 cm³/mol. The average Bonchev–Trinajstić information content (AvgIpc) is 3.57. The van der Waals surface area contributed by atoms with Crippen LogP contribution in [0.4, 0.5) is 29.1 Å². The van der Waals surface area contributed by atoms with Gasteiger partial charge in [-0.3, -0.25) is 0 Å². The summed E-state index contributed by atoms with van der Waals surface area (Å²) in [5, 5.41) is 6.72. The molecule has 0 spiro atoms. The molecule has 9 nitrogen and oxygen atoms in total. The summed E-state index contributed by atoms with van der Waals surface area (Å²) in [6.45, 7) is 2.98. The van der Waals surface area contributed by atoms with E-state index in [1.807, 2.05) is 47.1 Å². The molecule has 0 unspecified atom stereocenters. The molecular weight excluding hydrogens is 404 g/mol. The monoisotopic (exact) mass is 428 g/mol. The zero-order valence-electron chi connectivity index (χ0n) is 17.6. The highest BCUT2D eigenvalue weighted by molar-refractivity contribution is 5.65. The van der Waals surface area contributed by atoms with Gasteiger partial charge in [-0.1, -0.05) is 6.07 Å². The van der Waals surface area contributed by atoms with Crippen molar-refractivity contribution >= 4 is 34.7 Å². The lowest BCUT2D eigenvalue weighted by atomic mass is 10.2. The summed E-state index contributed by atoms with van der Waals surface area (Å²) in [7, 11) is 0. The average molecular weight is 429 g/mol. The third kappa shape index (κ3) is 4.06. The molecule has 2 fully saturated rings. The second-order valence-electron chi connectivity index (χ2n) is 8.11. The zero-order valence-corrected chi connectivity index (χ0v) is 17.6. The number of hydrogen-bond donors (Lipinski definition) is 2. The number of hydrogen-bond acceptors (Lipinski definition) is 8. The van der Waals surface area contributed by atoms with Gasteiger partial charge in [-0.05, 0) is 31.0 Å². The molecule has 162 valence electrons. The van der Waals surface area contributed by atoms with Crippen molar-refractivity contribution in [1.82, 2.24) is 24.3 Å². The van der Waals surface area contributed by atoms with Gasteiger partial charge >= 0.3 is 0 Å². The predicted octanol–water partition coefficient (Wildman–Crippen LogP) is 3.72. The molecule has 0 aromatic carbocycles. The first kappa shape index (κ1) is 19.0. The second-order valence-corrected chi connectivity index (χ2v) is 8.11. The molecule has 0 amide bonds. The van der Waals surface area contributed by atoms with E-state index in [-0.39, 0.29) is 0 Å². The minimum atomic E-state index is 0.513. The van der Waals surface area contributed by atoms with Gasteiger partial charge in [-0.15, -0.1) is 0 Å². The molecule has 0 radical (unpaired) electrons. The lowest BCUT2D eigenvalue weighted by Gasteiger charge is -2.28. The van der Waals surface area contributed by atoms with E-state index in [0.29, 0.717) is 30.9 Å². The third-order valence-electron chi connectivity index (χ3n) is 5.72. The van der Waals surface area contributed by atoms with Crippen LogP contribution >= 0.6 is 0 Å². The van der Waals surface area contributed by atoms with Gasteiger partial charge in [-0.2, -0.15) is 9.97 Å². The number of rotatable bonds is 6. The molecule has 4 aromatic heterocycles. The summed E-state index contributed by atoms with van der Waals surface area (Å²) in [6.07, 6.45) is 8.11. The summed E-state index contributed by atoms with van der Waals surface area (Å²) in [5.74, 6) is 3.43. The Hall–Kier alpha value is -3.72. The molecule has 0 bridgehead atoms. The Morgan fingerprint density at radius 2 is 1.81 bits per heavy atom. The Morgan fingerprint density at radius 3 is 2.69 bits per heavy atom. The molecule has 6 rings (SSSR count). The van der Waals surface area contributed by atoms with Gasteiger partial charge in [0.25, 0.3) is 0 Å². The highest BCUT2D eigenvalue weighted by atomic mass is 16.5. The molecule has 2 aliphatic rings. The van der Waals surface area contributed by atoms with Crippen LogP contribution in [0.3, 0.4) is 0 Å². The highest BCUT2D eigenvalue weighted by Crippen LogP contribution is 2.39. The van der Waals surface area contributed by atoms with Crippen molar-refractivity contribution in [2.45, 2.75) is 18.8 Å². The van der Waals surface area contributed by atoms with Crippen molar-refractivity contribution in [3.05, 3.63) is 60.7 Å². The van der Waals surface area contributed by atoms with Gasteiger partial charge < -0.3 is 24.7 Å². The molecule has 32 heavy (non-hydrogen) atoms. The van der Waals surface area contributed by atoms with Crippen LogP contribution < -0.4 is 15.5 Å². The van der Waals surface area contributed by atoms with E-state index in [2.05, 4.69) is 26.6 Å². The van der Waals surface area contributed by atoms with E-state index in [1.165, 1.54) is 12.8 Å². The number of aromatic nitrogens is 5. The number of pyridine rings is 2. The third-order valence-corrected chi connectivity index (χ3v) is 5.72. The summed E-state index contributed by atoms with van der Waals surface area (Å²) in [4.78, 5) is 20.8. The molecular formula is C23H24N8O. The number of anilines is 5. The van der Waals surface area contributed by atoms with Gasteiger partial charge in [0, 0.05) is 61.1 Å². The number of imidazole rings is 1. The van der Waals surface area contributed by atoms with Crippen LogP contribution in [0.1, 0.15) is 24.5 Å². The number of nitrogens with zero attached hydrogens (tertiary/aromatic N) is 6. The Labute approximate surface area is 185 Å². The standard InChI is InChI=1S/C23H24N8O/c1-2-18(16-4-5-16)26-19(3-1)27-23-28-20(15-22(29-23)31-10-12-32-13-11-31)25-17-6-8-30-9-7-24-21(30)14-17/h1-3,6-9,14-16H,4-5,10-13H2,(H2,25,26,27,28,29). The van der Waals surface area contributed by atoms with Crippen molar-refractivity contribution in [2.75, 3.05) is 41.8 Å². The summed E-state index contributed by atoms with van der Waals surface area (Å²) in [5.41, 5.74) is 2.91. The quantitative estimate of drug-likeness (QED) is 0.480. The highest BCUT2D eigenvalue weighted by Gasteiger charge is 2.25. The summed E-state index contributed by atoms with van der Waals surface area (Å²) < 4.78 is 7.48. The lowest BCUT2D eigenvalue weighted by Crippen LogP contribution is -2.36. The fourth-order valence-electron chi connectivity index (χ4n) is 3.89. The summed E-state index contributed by atoms with van der Waals surface area (Å²) >= 11 is 0. The maximum Gasteiger partial charge on any atom is 0.232 e. The molecule has 5 heterocycles. The molecule has 4 aromatic rings. The lowest BCUT2D eigenvalue weighted by molar-refractivity contribution is 0.122. The fourth-order valence-corrected chi connectivity index (χ4v) is 3.89. The number of fused-ring (bicyclic) bond motifs is 1. The van der Waals surface area contributed by atoms with E-state index in [4.69, 9.17) is 19.7 Å². The van der Waals surface area contributed by atoms with E-state index in [0.717, 1.165) is 41.8 Å². The number of nitrogens with one attached hydrogen (secondary N) is 2. The number of ether oxygens (including phenoxy) is 1. The van der Waals surface area contributed by atoms with Crippen LogP contribution in [0.25, 0.3) is 5.65 Å². The Kier molecular flexibility index (Phi) is 4.80. The van der Waals surface area contributed by atoms with Crippen LogP contribution in [0.15, 0.2) is 55.0 Å². The second kappa shape index (κ2) is 8.08. The van der Waals surface area contributed by atoms with Gasteiger partial charge in [0.1, 0.15) is 23.1 Å². The molecule has 9 heteroatoms. The summed E-state index contributed by atoms with van der Waals surface area (Å²) in [6, 6.07) is 12.0. The van der Waals surface area contributed by atoms with E-state index < -0.39 is 0 Å². The molecule has 2 N–H and O–H groups in total. The van der Waals surface area contributed by atoms with Crippen molar-refractivity contribution in [3.8, 4) is 0 Å². The smallest absolute Gasteiger partial charge is 0.232 e. The Balaban J connectivity index is 1.32. The largest absolute Gasteiger partial charge is 0.378 e. The first-order chi connectivity index (χ1) is 15.8. The fraction of sp³-hybridized carbons (Fsp3) is 0.304. The van der Waals surface area contributed by atoms with Crippen molar-refractivity contribution in [3.63, 3.8) is 0 Å². The van der Waals surface area contributed by atoms with Crippen LogP contribution in [-0.4, -0.2) is 50.6 Å². The zero-order chi connectivity index (χ0) is 21.3. The van der Waals surface area contributed by atoms with Crippen LogP contribution in [0, 0.1) is 0 Å². The van der Waals surface area contributed by atoms with Gasteiger partial charge in [0.15, 0.2) is 0 Å². The molecule has 1 aliphatic carbocycles. The van der Waals surface area contributed by atoms with Crippen LogP contribution in [0.5, 0.6) is 0 Å². The topological polar surface area (TPSA) is 92.5 Å². The maximum atomic E-state index is 5.51. The van der Waals surface area contributed by atoms with E-state index in [1.54, 1.807) is 6.20 Å². The minimum absolute atomic E-state index is 0.513. The first-order valence-electron chi connectivity index (χ1n) is 11.0. The van der Waals surface area contributed by atoms with Crippen molar-refractivity contribution in [2.24, 2.45) is 0 Å². The van der Waals surface area contributed by atoms with Crippen molar-refractivity contribution in [1.29, 1.82) is 0 Å². The van der Waals surface area contributed by atoms with E-state index in [9.17, 15) is 0 Å². The molecule has 1 aliphatic heterocycles. The molecule has 1 saturated carbocycles. The van der Waals surface area contributed by atoms with Crippen LogP contribution in [0.2, 0.25) is 0 Å². The first-order valence-corrected chi connectivity index (χ1v) is 11.0.